The molecule has 2 aliphatic heterocycles. The molecule has 0 bridgehead atoms. The molecule has 2 fully saturated rings. The van der Waals surface area contributed by atoms with Crippen molar-refractivity contribution in [2.75, 3.05) is 26.3 Å². The van der Waals surface area contributed by atoms with E-state index in [-0.39, 0.29) is 30.8 Å². The number of carboxylic acid groups (broad SMARTS) is 1. The van der Waals surface area contributed by atoms with Crippen LogP contribution in [0.5, 0.6) is 0 Å². The quantitative estimate of drug-likeness (QED) is 0.788. The van der Waals surface area contributed by atoms with Gasteiger partial charge in [0.15, 0.2) is 0 Å². The van der Waals surface area contributed by atoms with Crippen LogP contribution in [0.1, 0.15) is 37.8 Å². The van der Waals surface area contributed by atoms with Gasteiger partial charge in [-0.2, -0.15) is 0 Å². The largest absolute Gasteiger partial charge is 0.481 e. The molecule has 7 heteroatoms. The Morgan fingerprint density at radius 3 is 2.59 bits per heavy atom. The Hall–Kier alpha value is -2.41. The second-order valence-electron chi connectivity index (χ2n) is 7.45. The van der Waals surface area contributed by atoms with Crippen molar-refractivity contribution < 1.29 is 24.2 Å². The summed E-state index contributed by atoms with van der Waals surface area (Å²) in [5.74, 6) is -1.66. The molecule has 2 amide bonds. The summed E-state index contributed by atoms with van der Waals surface area (Å²) < 4.78 is 5.25. The van der Waals surface area contributed by atoms with Crippen LogP contribution in [0.25, 0.3) is 0 Å². The molecule has 0 saturated carbocycles. The minimum Gasteiger partial charge on any atom is -0.481 e. The fourth-order valence-electron chi connectivity index (χ4n) is 3.82. The molecule has 2 saturated heterocycles. The predicted molar refractivity (Wildman–Crippen MR) is 97.8 cm³/mol. The monoisotopic (exact) mass is 374 g/mol. The molecule has 2 aliphatic rings. The molecule has 0 radical (unpaired) electrons. The summed E-state index contributed by atoms with van der Waals surface area (Å²) >= 11 is 0. The Bertz CT molecular complexity index is 700. The lowest BCUT2D eigenvalue weighted by molar-refractivity contribution is -0.154. The summed E-state index contributed by atoms with van der Waals surface area (Å²) in [6.07, 6.45) is 0.916. The van der Waals surface area contributed by atoms with Gasteiger partial charge >= 0.3 is 5.97 Å². The van der Waals surface area contributed by atoms with E-state index in [4.69, 9.17) is 4.74 Å². The van der Waals surface area contributed by atoms with E-state index in [2.05, 4.69) is 5.32 Å². The molecule has 2 N–H and O–H groups in total. The molecule has 3 rings (SSSR count). The van der Waals surface area contributed by atoms with Gasteiger partial charge in [0.2, 0.25) is 11.8 Å². The van der Waals surface area contributed by atoms with Crippen molar-refractivity contribution in [3.8, 4) is 0 Å². The van der Waals surface area contributed by atoms with Crippen LogP contribution < -0.4 is 5.32 Å². The number of ether oxygens (including phenoxy) is 1. The first kappa shape index (κ1) is 19.4. The highest BCUT2D eigenvalue weighted by molar-refractivity contribution is 5.89. The van der Waals surface area contributed by atoms with Crippen molar-refractivity contribution in [2.45, 2.75) is 32.2 Å². The maximum absolute atomic E-state index is 12.6. The molecular formula is C20H26N2O5. The van der Waals surface area contributed by atoms with E-state index in [1.165, 1.54) is 0 Å². The standard InChI is InChI=1S/C20H26N2O5/c1-14(15-5-3-2-4-6-15)22-12-16(11-17(22)23)18(24)21-13-20(19(25)26)7-9-27-10-8-20/h2-6,14,16H,7-13H2,1H3,(H,21,24)(H,25,26). The molecule has 27 heavy (non-hydrogen) atoms. The van der Waals surface area contributed by atoms with E-state index in [0.717, 1.165) is 5.56 Å². The number of rotatable bonds is 6. The Morgan fingerprint density at radius 1 is 1.30 bits per heavy atom. The van der Waals surface area contributed by atoms with Crippen LogP contribution in [0, 0.1) is 11.3 Å². The Kier molecular flexibility index (Phi) is 5.79. The fourth-order valence-corrected chi connectivity index (χ4v) is 3.82. The SMILES string of the molecule is CC(c1ccccc1)N1CC(C(=O)NCC2(C(=O)O)CCOCC2)CC1=O. The van der Waals surface area contributed by atoms with Crippen LogP contribution in [0.3, 0.4) is 0 Å². The molecule has 2 unspecified atom stereocenters. The predicted octanol–water partition coefficient (Wildman–Crippen LogP) is 1.59. The van der Waals surface area contributed by atoms with Crippen molar-refractivity contribution in [3.63, 3.8) is 0 Å². The summed E-state index contributed by atoms with van der Waals surface area (Å²) in [6, 6.07) is 9.61. The Balaban J connectivity index is 1.59. The third kappa shape index (κ3) is 4.13. The van der Waals surface area contributed by atoms with Crippen molar-refractivity contribution in [1.29, 1.82) is 0 Å². The number of carbonyl (C=O) groups is 3. The number of hydrogen-bond acceptors (Lipinski definition) is 4. The molecule has 2 atom stereocenters. The normalized spacial score (nSPS) is 23.1. The van der Waals surface area contributed by atoms with Gasteiger partial charge < -0.3 is 20.1 Å². The van der Waals surface area contributed by atoms with Crippen molar-refractivity contribution in [3.05, 3.63) is 35.9 Å². The van der Waals surface area contributed by atoms with Gasteiger partial charge in [-0.15, -0.1) is 0 Å². The zero-order chi connectivity index (χ0) is 19.4. The average molecular weight is 374 g/mol. The first-order chi connectivity index (χ1) is 12.9. The van der Waals surface area contributed by atoms with Gasteiger partial charge in [-0.1, -0.05) is 30.3 Å². The van der Waals surface area contributed by atoms with Crippen molar-refractivity contribution in [1.82, 2.24) is 10.2 Å². The summed E-state index contributed by atoms with van der Waals surface area (Å²) in [5.41, 5.74) is 0.0482. The maximum atomic E-state index is 12.6. The smallest absolute Gasteiger partial charge is 0.311 e. The second-order valence-corrected chi connectivity index (χ2v) is 7.45. The maximum Gasteiger partial charge on any atom is 0.311 e. The summed E-state index contributed by atoms with van der Waals surface area (Å²) in [7, 11) is 0. The molecule has 0 aliphatic carbocycles. The van der Waals surface area contributed by atoms with Crippen molar-refractivity contribution in [2.24, 2.45) is 11.3 Å². The van der Waals surface area contributed by atoms with Gasteiger partial charge in [-0.25, -0.2) is 0 Å². The molecule has 0 spiro atoms. The summed E-state index contributed by atoms with van der Waals surface area (Å²) in [4.78, 5) is 38.4. The molecular weight excluding hydrogens is 348 g/mol. The zero-order valence-electron chi connectivity index (χ0n) is 15.5. The fraction of sp³-hybridized carbons (Fsp3) is 0.550. The topological polar surface area (TPSA) is 95.9 Å². The number of amides is 2. The van der Waals surface area contributed by atoms with Crippen LogP contribution in [-0.2, 0) is 19.1 Å². The van der Waals surface area contributed by atoms with E-state index in [1.54, 1.807) is 4.90 Å². The minimum atomic E-state index is -0.979. The lowest BCUT2D eigenvalue weighted by Crippen LogP contribution is -2.48. The Morgan fingerprint density at radius 2 is 1.96 bits per heavy atom. The molecule has 1 aromatic rings. The van der Waals surface area contributed by atoms with E-state index in [0.29, 0.717) is 32.6 Å². The second kappa shape index (κ2) is 8.08. The van der Waals surface area contributed by atoms with Gasteiger partial charge in [0.25, 0.3) is 0 Å². The van der Waals surface area contributed by atoms with Crippen LogP contribution in [0.2, 0.25) is 0 Å². The Labute approximate surface area is 158 Å². The highest BCUT2D eigenvalue weighted by Crippen LogP contribution is 2.31. The van der Waals surface area contributed by atoms with Gasteiger partial charge in [0.05, 0.1) is 17.4 Å². The molecule has 146 valence electrons. The first-order valence-electron chi connectivity index (χ1n) is 9.36. The zero-order valence-corrected chi connectivity index (χ0v) is 15.5. The van der Waals surface area contributed by atoms with Gasteiger partial charge in [0.1, 0.15) is 0 Å². The number of likely N-dealkylation sites (tertiary alicyclic amines) is 1. The number of nitrogens with zero attached hydrogens (tertiary/aromatic N) is 1. The van der Waals surface area contributed by atoms with Crippen LogP contribution in [0.15, 0.2) is 30.3 Å². The minimum absolute atomic E-state index is 0.0504. The lowest BCUT2D eigenvalue weighted by atomic mass is 9.80. The first-order valence-corrected chi connectivity index (χ1v) is 9.36. The third-order valence-corrected chi connectivity index (χ3v) is 5.78. The number of benzene rings is 1. The number of hydrogen-bond donors (Lipinski definition) is 2. The van der Waals surface area contributed by atoms with Crippen LogP contribution in [-0.4, -0.2) is 54.1 Å². The summed E-state index contributed by atoms with van der Waals surface area (Å²) in [5, 5.41) is 12.4. The summed E-state index contributed by atoms with van der Waals surface area (Å²) in [6.45, 7) is 3.14. The number of nitrogens with one attached hydrogen (secondary N) is 1. The number of carbonyl (C=O) groups excluding carboxylic acids is 2. The molecule has 2 heterocycles. The third-order valence-electron chi connectivity index (χ3n) is 5.78. The van der Waals surface area contributed by atoms with E-state index in [1.807, 2.05) is 37.3 Å². The van der Waals surface area contributed by atoms with Gasteiger partial charge in [0, 0.05) is 32.7 Å². The van der Waals surface area contributed by atoms with Crippen molar-refractivity contribution >= 4 is 17.8 Å². The van der Waals surface area contributed by atoms with E-state index >= 15 is 0 Å². The van der Waals surface area contributed by atoms with Crippen LogP contribution >= 0.6 is 0 Å². The lowest BCUT2D eigenvalue weighted by Gasteiger charge is -2.33. The van der Waals surface area contributed by atoms with Gasteiger partial charge in [-0.3, -0.25) is 14.4 Å². The van der Waals surface area contributed by atoms with Gasteiger partial charge in [-0.05, 0) is 25.3 Å². The highest BCUT2D eigenvalue weighted by atomic mass is 16.5. The number of carboxylic acids is 1. The molecule has 7 nitrogen and oxygen atoms in total. The van der Waals surface area contributed by atoms with E-state index < -0.39 is 17.3 Å². The highest BCUT2D eigenvalue weighted by Gasteiger charge is 2.42. The van der Waals surface area contributed by atoms with Crippen LogP contribution in [0.4, 0.5) is 0 Å². The molecule has 0 aromatic heterocycles. The molecule has 1 aromatic carbocycles. The number of aliphatic carboxylic acids is 1. The average Bonchev–Trinajstić information content (AvgIpc) is 3.08. The van der Waals surface area contributed by atoms with E-state index in [9.17, 15) is 19.5 Å².